The summed E-state index contributed by atoms with van der Waals surface area (Å²) < 4.78 is 6.05. The predicted octanol–water partition coefficient (Wildman–Crippen LogP) is 4.60. The van der Waals surface area contributed by atoms with Gasteiger partial charge in [0.2, 0.25) is 0 Å². The lowest BCUT2D eigenvalue weighted by atomic mass is 10.0. The zero-order valence-electron chi connectivity index (χ0n) is 11.6. The van der Waals surface area contributed by atoms with Crippen LogP contribution in [0.15, 0.2) is 16.5 Å². The van der Waals surface area contributed by atoms with E-state index in [1.807, 2.05) is 6.07 Å². The Hall–Kier alpha value is -0.990. The van der Waals surface area contributed by atoms with Gasteiger partial charge in [-0.15, -0.1) is 0 Å². The van der Waals surface area contributed by atoms with E-state index < -0.39 is 0 Å². The maximum Gasteiger partial charge on any atom is 0.153 e. The Morgan fingerprint density at radius 1 is 1.37 bits per heavy atom. The summed E-state index contributed by atoms with van der Waals surface area (Å²) in [6.45, 7) is 5.16. The minimum absolute atomic E-state index is 0.694. The molecule has 1 N–H and O–H groups in total. The molecule has 1 saturated carbocycles. The molecule has 0 spiro atoms. The van der Waals surface area contributed by atoms with Crippen molar-refractivity contribution in [3.8, 4) is 0 Å². The van der Waals surface area contributed by atoms with E-state index >= 15 is 0 Å². The molecule has 1 aromatic heterocycles. The van der Waals surface area contributed by atoms with Crippen molar-refractivity contribution < 1.29 is 4.42 Å². The highest BCUT2D eigenvalue weighted by Crippen LogP contribution is 2.35. The van der Waals surface area contributed by atoms with E-state index in [9.17, 15) is 0 Å². The van der Waals surface area contributed by atoms with Gasteiger partial charge in [-0.25, -0.2) is 0 Å². The third kappa shape index (κ3) is 2.52. The molecule has 102 valence electrons. The molecule has 3 heteroatoms. The monoisotopic (exact) mass is 277 g/mol. The van der Waals surface area contributed by atoms with Gasteiger partial charge in [0.05, 0.1) is 11.6 Å². The fourth-order valence-corrected chi connectivity index (χ4v) is 2.83. The first kappa shape index (κ1) is 13.0. The molecule has 1 heterocycles. The molecule has 1 aliphatic rings. The first-order valence-corrected chi connectivity index (χ1v) is 7.51. The van der Waals surface area contributed by atoms with Crippen LogP contribution in [0.5, 0.6) is 0 Å². The lowest BCUT2D eigenvalue weighted by molar-refractivity contribution is 0.506. The zero-order chi connectivity index (χ0) is 13.4. The van der Waals surface area contributed by atoms with Gasteiger partial charge in [0.15, 0.2) is 5.58 Å². The Balaban J connectivity index is 2.05. The normalized spacial score (nSPS) is 15.3. The van der Waals surface area contributed by atoms with Gasteiger partial charge < -0.3 is 9.73 Å². The molecule has 1 aliphatic carbocycles. The van der Waals surface area contributed by atoms with Crippen LogP contribution >= 0.6 is 11.6 Å². The van der Waals surface area contributed by atoms with E-state index in [2.05, 4.69) is 25.2 Å². The van der Waals surface area contributed by atoms with E-state index in [1.54, 1.807) is 0 Å². The molecule has 0 bridgehead atoms. The Labute approximate surface area is 119 Å². The number of rotatable bonds is 5. The van der Waals surface area contributed by atoms with Gasteiger partial charge in [-0.1, -0.05) is 31.0 Å². The molecular formula is C16H20ClNO. The first-order chi connectivity index (χ1) is 9.20. The van der Waals surface area contributed by atoms with Crippen molar-refractivity contribution in [1.29, 1.82) is 0 Å². The lowest BCUT2D eigenvalue weighted by Gasteiger charge is -2.04. The van der Waals surface area contributed by atoms with Crippen molar-refractivity contribution in [3.05, 3.63) is 34.0 Å². The van der Waals surface area contributed by atoms with Gasteiger partial charge >= 0.3 is 0 Å². The van der Waals surface area contributed by atoms with Crippen LogP contribution in [0.4, 0.5) is 0 Å². The average Bonchev–Trinajstić information content (AvgIpc) is 3.15. The molecule has 0 saturated heterocycles. The summed E-state index contributed by atoms with van der Waals surface area (Å²) in [5.41, 5.74) is 3.45. The van der Waals surface area contributed by atoms with Crippen LogP contribution in [0.1, 0.15) is 43.1 Å². The Morgan fingerprint density at radius 2 is 2.16 bits per heavy atom. The predicted molar refractivity (Wildman–Crippen MR) is 79.8 cm³/mol. The minimum Gasteiger partial charge on any atom is -0.458 e. The number of hydrogen-bond donors (Lipinski definition) is 1. The number of benzene rings is 1. The second-order valence-electron chi connectivity index (χ2n) is 5.48. The van der Waals surface area contributed by atoms with Gasteiger partial charge in [-0.3, -0.25) is 0 Å². The van der Waals surface area contributed by atoms with Crippen molar-refractivity contribution >= 4 is 22.6 Å². The van der Waals surface area contributed by atoms with Crippen molar-refractivity contribution in [2.24, 2.45) is 0 Å². The molecular weight excluding hydrogens is 258 g/mol. The Morgan fingerprint density at radius 3 is 2.84 bits per heavy atom. The summed E-state index contributed by atoms with van der Waals surface area (Å²) >= 11 is 6.28. The second kappa shape index (κ2) is 5.18. The zero-order valence-corrected chi connectivity index (χ0v) is 12.3. The largest absolute Gasteiger partial charge is 0.458 e. The maximum absolute atomic E-state index is 6.28. The molecule has 0 aliphatic heterocycles. The van der Waals surface area contributed by atoms with Crippen LogP contribution in [0.2, 0.25) is 5.02 Å². The van der Waals surface area contributed by atoms with Crippen LogP contribution in [0.25, 0.3) is 11.0 Å². The average molecular weight is 278 g/mol. The summed E-state index contributed by atoms with van der Waals surface area (Å²) in [7, 11) is 0. The van der Waals surface area contributed by atoms with Crippen LogP contribution < -0.4 is 5.32 Å². The van der Waals surface area contributed by atoms with E-state index in [1.165, 1.54) is 29.4 Å². The van der Waals surface area contributed by atoms with E-state index in [0.29, 0.717) is 6.04 Å². The van der Waals surface area contributed by atoms with Crippen LogP contribution in [-0.2, 0) is 13.0 Å². The molecule has 0 unspecified atom stereocenters. The minimum atomic E-state index is 0.694. The first-order valence-electron chi connectivity index (χ1n) is 7.13. The number of aryl methyl sites for hydroxylation is 2. The number of halogens is 1. The molecule has 1 aromatic carbocycles. The number of furan rings is 1. The quantitative estimate of drug-likeness (QED) is 0.864. The van der Waals surface area contributed by atoms with Crippen molar-refractivity contribution in [2.45, 2.75) is 52.1 Å². The van der Waals surface area contributed by atoms with E-state index in [4.69, 9.17) is 16.0 Å². The van der Waals surface area contributed by atoms with Gasteiger partial charge in [0.25, 0.3) is 0 Å². The van der Waals surface area contributed by atoms with Crippen molar-refractivity contribution in [2.75, 3.05) is 0 Å². The fraction of sp³-hybridized carbons (Fsp3) is 0.500. The van der Waals surface area contributed by atoms with Crippen LogP contribution in [-0.4, -0.2) is 6.04 Å². The molecule has 0 radical (unpaired) electrons. The SMILES string of the molecule is CCCc1c(CNC2CC2)oc2c(Cl)ccc(C)c12. The molecule has 2 nitrogen and oxygen atoms in total. The Kier molecular flexibility index (Phi) is 3.55. The molecule has 2 aromatic rings. The van der Waals surface area contributed by atoms with E-state index in [0.717, 1.165) is 35.8 Å². The highest BCUT2D eigenvalue weighted by Gasteiger charge is 2.23. The number of fused-ring (bicyclic) bond motifs is 1. The topological polar surface area (TPSA) is 25.2 Å². The molecule has 19 heavy (non-hydrogen) atoms. The molecule has 1 fully saturated rings. The smallest absolute Gasteiger partial charge is 0.153 e. The lowest BCUT2D eigenvalue weighted by Crippen LogP contribution is -2.15. The fourth-order valence-electron chi connectivity index (χ4n) is 2.64. The molecule has 0 atom stereocenters. The molecule has 3 rings (SSSR count). The Bertz CT molecular complexity index is 598. The maximum atomic E-state index is 6.28. The third-order valence-corrected chi connectivity index (χ3v) is 4.11. The number of hydrogen-bond acceptors (Lipinski definition) is 2. The summed E-state index contributed by atoms with van der Waals surface area (Å²) in [5, 5.41) is 5.48. The third-order valence-electron chi connectivity index (χ3n) is 3.81. The van der Waals surface area contributed by atoms with Crippen molar-refractivity contribution in [3.63, 3.8) is 0 Å². The highest BCUT2D eigenvalue weighted by atomic mass is 35.5. The molecule has 0 amide bonds. The number of nitrogens with one attached hydrogen (secondary N) is 1. The van der Waals surface area contributed by atoms with Crippen LogP contribution in [0.3, 0.4) is 0 Å². The summed E-state index contributed by atoms with van der Waals surface area (Å²) in [6.07, 6.45) is 4.76. The highest BCUT2D eigenvalue weighted by molar-refractivity contribution is 6.35. The standard InChI is InChI=1S/C16H20ClNO/c1-3-4-12-14(9-18-11-6-7-11)19-16-13(17)8-5-10(2)15(12)16/h5,8,11,18H,3-4,6-7,9H2,1-2H3. The van der Waals surface area contributed by atoms with Gasteiger partial charge in [-0.2, -0.15) is 0 Å². The van der Waals surface area contributed by atoms with Gasteiger partial charge in [-0.05, 0) is 37.8 Å². The van der Waals surface area contributed by atoms with Gasteiger partial charge in [0.1, 0.15) is 5.76 Å². The van der Waals surface area contributed by atoms with Crippen LogP contribution in [0, 0.1) is 6.92 Å². The summed E-state index contributed by atoms with van der Waals surface area (Å²) in [6, 6.07) is 4.70. The van der Waals surface area contributed by atoms with Gasteiger partial charge in [0, 0.05) is 17.0 Å². The van der Waals surface area contributed by atoms with Crippen molar-refractivity contribution in [1.82, 2.24) is 5.32 Å². The van der Waals surface area contributed by atoms with E-state index in [-0.39, 0.29) is 0 Å². The summed E-state index contributed by atoms with van der Waals surface area (Å²) in [4.78, 5) is 0. The summed E-state index contributed by atoms with van der Waals surface area (Å²) in [5.74, 6) is 1.07. The second-order valence-corrected chi connectivity index (χ2v) is 5.88.